The monoisotopic (exact) mass is 345 g/mol. The number of esters is 1. The zero-order valence-corrected chi connectivity index (χ0v) is 10.3. The molecule has 7 heteroatoms. The second kappa shape index (κ2) is 5.46. The molecule has 1 heterocycles. The van der Waals surface area contributed by atoms with Crippen LogP contribution in [0.15, 0.2) is 6.07 Å². The van der Waals surface area contributed by atoms with Gasteiger partial charge in [-0.3, -0.25) is 0 Å². The van der Waals surface area contributed by atoms with Gasteiger partial charge in [-0.2, -0.15) is 0 Å². The standard InChI is InChI=1S/C9H7F3INO2/c1-2-16-9(15)4-3-5(13)14-7(6(4)10)8(11)12/h3,8H,2H2,1H3. The minimum absolute atomic E-state index is 0.0428. The fourth-order valence-electron chi connectivity index (χ4n) is 1.02. The summed E-state index contributed by atoms with van der Waals surface area (Å²) >= 11 is 1.62. The van der Waals surface area contributed by atoms with Gasteiger partial charge in [0.25, 0.3) is 6.43 Å². The first kappa shape index (κ1) is 13.2. The number of alkyl halides is 2. The molecule has 0 bridgehead atoms. The lowest BCUT2D eigenvalue weighted by Crippen LogP contribution is -2.11. The zero-order valence-electron chi connectivity index (χ0n) is 8.14. The van der Waals surface area contributed by atoms with Gasteiger partial charge in [0.2, 0.25) is 0 Å². The molecule has 0 aliphatic carbocycles. The number of hydrogen-bond acceptors (Lipinski definition) is 3. The van der Waals surface area contributed by atoms with Crippen molar-refractivity contribution in [3.05, 3.63) is 26.8 Å². The molecule has 0 spiro atoms. The molecular weight excluding hydrogens is 338 g/mol. The molecule has 16 heavy (non-hydrogen) atoms. The molecule has 88 valence electrons. The molecule has 1 aromatic rings. The molecule has 0 aliphatic heterocycles. The third-order valence-corrected chi connectivity index (χ3v) is 2.21. The number of hydrogen-bond donors (Lipinski definition) is 0. The molecule has 0 amide bonds. The summed E-state index contributed by atoms with van der Waals surface area (Å²) in [6, 6.07) is 1.07. The van der Waals surface area contributed by atoms with Crippen LogP contribution in [0.4, 0.5) is 13.2 Å². The highest BCUT2D eigenvalue weighted by atomic mass is 127. The number of pyridine rings is 1. The predicted molar refractivity (Wildman–Crippen MR) is 57.8 cm³/mol. The SMILES string of the molecule is CCOC(=O)c1cc(I)nc(C(F)F)c1F. The van der Waals surface area contributed by atoms with Crippen LogP contribution in [0.3, 0.4) is 0 Å². The van der Waals surface area contributed by atoms with Gasteiger partial charge in [0, 0.05) is 0 Å². The zero-order chi connectivity index (χ0) is 12.3. The Labute approximate surface area is 103 Å². The molecule has 0 aromatic carbocycles. The Kier molecular flexibility index (Phi) is 4.51. The van der Waals surface area contributed by atoms with Crippen LogP contribution < -0.4 is 0 Å². The van der Waals surface area contributed by atoms with E-state index in [9.17, 15) is 18.0 Å². The van der Waals surface area contributed by atoms with Crippen LogP contribution in [0.2, 0.25) is 0 Å². The van der Waals surface area contributed by atoms with Crippen molar-refractivity contribution in [3.8, 4) is 0 Å². The van der Waals surface area contributed by atoms with Crippen molar-refractivity contribution in [2.24, 2.45) is 0 Å². The highest BCUT2D eigenvalue weighted by molar-refractivity contribution is 14.1. The summed E-state index contributed by atoms with van der Waals surface area (Å²) in [6.45, 7) is 1.58. The van der Waals surface area contributed by atoms with Gasteiger partial charge < -0.3 is 4.74 Å². The van der Waals surface area contributed by atoms with E-state index < -0.39 is 29.5 Å². The molecule has 0 atom stereocenters. The molecule has 1 aromatic heterocycles. The van der Waals surface area contributed by atoms with E-state index in [-0.39, 0.29) is 10.3 Å². The number of ether oxygens (including phenoxy) is 1. The second-order valence-corrected chi connectivity index (χ2v) is 3.82. The average molecular weight is 345 g/mol. The molecule has 3 nitrogen and oxygen atoms in total. The lowest BCUT2D eigenvalue weighted by molar-refractivity contribution is 0.0519. The van der Waals surface area contributed by atoms with Gasteiger partial charge in [-0.15, -0.1) is 0 Å². The van der Waals surface area contributed by atoms with Crippen LogP contribution in [0.25, 0.3) is 0 Å². The normalized spacial score (nSPS) is 10.6. The van der Waals surface area contributed by atoms with E-state index in [4.69, 9.17) is 0 Å². The van der Waals surface area contributed by atoms with Crippen molar-refractivity contribution in [1.82, 2.24) is 4.98 Å². The topological polar surface area (TPSA) is 39.2 Å². The summed E-state index contributed by atoms with van der Waals surface area (Å²) in [5, 5.41) is 0. The first-order valence-corrected chi connectivity index (χ1v) is 5.36. The Morgan fingerprint density at radius 3 is 2.75 bits per heavy atom. The molecule has 0 unspecified atom stereocenters. The van der Waals surface area contributed by atoms with Gasteiger partial charge in [-0.25, -0.2) is 22.9 Å². The third kappa shape index (κ3) is 2.83. The lowest BCUT2D eigenvalue weighted by Gasteiger charge is -2.07. The Hall–Kier alpha value is -0.860. The molecule has 0 aliphatic rings. The number of rotatable bonds is 3. The number of carbonyl (C=O) groups is 1. The minimum atomic E-state index is -3.07. The molecule has 1 rings (SSSR count). The number of carbonyl (C=O) groups excluding carboxylic acids is 1. The van der Waals surface area contributed by atoms with Crippen LogP contribution in [0, 0.1) is 9.52 Å². The van der Waals surface area contributed by atoms with Crippen molar-refractivity contribution >= 4 is 28.6 Å². The Morgan fingerprint density at radius 2 is 2.25 bits per heavy atom. The minimum Gasteiger partial charge on any atom is -0.462 e. The van der Waals surface area contributed by atoms with Crippen molar-refractivity contribution in [2.75, 3.05) is 6.61 Å². The first-order chi connectivity index (χ1) is 7.47. The maximum atomic E-state index is 13.4. The van der Waals surface area contributed by atoms with Gasteiger partial charge in [0.15, 0.2) is 5.82 Å². The van der Waals surface area contributed by atoms with Gasteiger partial charge in [-0.05, 0) is 35.6 Å². The first-order valence-electron chi connectivity index (χ1n) is 4.28. The van der Waals surface area contributed by atoms with E-state index in [2.05, 4.69) is 9.72 Å². The molecule has 0 saturated carbocycles. The smallest absolute Gasteiger partial charge is 0.341 e. The van der Waals surface area contributed by atoms with Gasteiger partial charge >= 0.3 is 5.97 Å². The maximum absolute atomic E-state index is 13.4. The van der Waals surface area contributed by atoms with E-state index in [0.29, 0.717) is 0 Å². The van der Waals surface area contributed by atoms with E-state index in [1.165, 1.54) is 6.92 Å². The number of aromatic nitrogens is 1. The largest absolute Gasteiger partial charge is 0.462 e. The van der Waals surface area contributed by atoms with Gasteiger partial charge in [0.05, 0.1) is 6.61 Å². The Balaban J connectivity index is 3.24. The molecular formula is C9H7F3INO2. The Bertz CT molecular complexity index is 412. The van der Waals surface area contributed by atoms with Gasteiger partial charge in [-0.1, -0.05) is 0 Å². The molecule has 0 N–H and O–H groups in total. The third-order valence-electron chi connectivity index (χ3n) is 1.65. The molecule has 0 fully saturated rings. The quantitative estimate of drug-likeness (QED) is 0.480. The van der Waals surface area contributed by atoms with Crippen molar-refractivity contribution < 1.29 is 22.7 Å². The van der Waals surface area contributed by atoms with Crippen molar-refractivity contribution in [3.63, 3.8) is 0 Å². The Morgan fingerprint density at radius 1 is 1.62 bits per heavy atom. The maximum Gasteiger partial charge on any atom is 0.341 e. The predicted octanol–water partition coefficient (Wildman–Crippen LogP) is 2.94. The summed E-state index contributed by atoms with van der Waals surface area (Å²) in [5.41, 5.74) is -1.55. The van der Waals surface area contributed by atoms with E-state index >= 15 is 0 Å². The summed E-state index contributed by atoms with van der Waals surface area (Å²) in [6.07, 6.45) is -3.07. The van der Waals surface area contributed by atoms with E-state index in [0.717, 1.165) is 6.07 Å². The highest BCUT2D eigenvalue weighted by Crippen LogP contribution is 2.24. The highest BCUT2D eigenvalue weighted by Gasteiger charge is 2.23. The molecule has 0 radical (unpaired) electrons. The van der Waals surface area contributed by atoms with Gasteiger partial charge in [0.1, 0.15) is 15.0 Å². The summed E-state index contributed by atoms with van der Waals surface area (Å²) in [7, 11) is 0. The van der Waals surface area contributed by atoms with E-state index in [1.807, 2.05) is 0 Å². The number of nitrogens with zero attached hydrogens (tertiary/aromatic N) is 1. The van der Waals surface area contributed by atoms with Crippen LogP contribution in [0.5, 0.6) is 0 Å². The van der Waals surface area contributed by atoms with Crippen LogP contribution in [-0.4, -0.2) is 17.6 Å². The summed E-state index contributed by atoms with van der Waals surface area (Å²) in [5.74, 6) is -2.30. The summed E-state index contributed by atoms with van der Waals surface area (Å²) < 4.78 is 42.8. The van der Waals surface area contributed by atoms with Crippen LogP contribution in [-0.2, 0) is 4.74 Å². The average Bonchev–Trinajstić information content (AvgIpc) is 2.20. The van der Waals surface area contributed by atoms with Crippen LogP contribution in [0.1, 0.15) is 29.4 Å². The van der Waals surface area contributed by atoms with E-state index in [1.54, 1.807) is 22.6 Å². The fourth-order valence-corrected chi connectivity index (χ4v) is 1.59. The second-order valence-electron chi connectivity index (χ2n) is 2.71. The van der Waals surface area contributed by atoms with Crippen molar-refractivity contribution in [1.29, 1.82) is 0 Å². The molecule has 0 saturated heterocycles. The summed E-state index contributed by atoms with van der Waals surface area (Å²) in [4.78, 5) is 14.6. The fraction of sp³-hybridized carbons (Fsp3) is 0.333. The number of halogens is 4. The lowest BCUT2D eigenvalue weighted by atomic mass is 10.2. The van der Waals surface area contributed by atoms with Crippen LogP contribution >= 0.6 is 22.6 Å². The van der Waals surface area contributed by atoms with Crippen molar-refractivity contribution in [2.45, 2.75) is 13.3 Å².